The monoisotopic (exact) mass is 250 g/mol. The number of hydrogen-bond donors (Lipinski definition) is 1. The minimum atomic E-state index is -0.276. The van der Waals surface area contributed by atoms with Crippen molar-refractivity contribution in [2.45, 2.75) is 38.2 Å². The van der Waals surface area contributed by atoms with Crippen LogP contribution < -0.4 is 4.74 Å². The topological polar surface area (TPSA) is 38.7 Å². The Hall–Kier alpha value is -1.06. The van der Waals surface area contributed by atoms with Gasteiger partial charge in [0.1, 0.15) is 11.9 Å². The normalized spacial score (nSPS) is 17.7. The minimum absolute atomic E-state index is 0.112. The van der Waals surface area contributed by atoms with Gasteiger partial charge in [-0.2, -0.15) is 0 Å². The number of para-hydroxylation sites is 1. The molecule has 0 spiro atoms. The third-order valence-corrected chi connectivity index (χ3v) is 3.47. The molecule has 1 heterocycles. The van der Waals surface area contributed by atoms with Crippen LogP contribution in [-0.4, -0.2) is 31.0 Å². The Labute approximate surface area is 109 Å². The lowest BCUT2D eigenvalue weighted by Gasteiger charge is -2.29. The van der Waals surface area contributed by atoms with E-state index in [1.54, 1.807) is 0 Å². The summed E-state index contributed by atoms with van der Waals surface area (Å²) < 4.78 is 11.4. The summed E-state index contributed by atoms with van der Waals surface area (Å²) in [7, 11) is 0. The second kappa shape index (κ2) is 5.72. The second-order valence-corrected chi connectivity index (χ2v) is 5.47. The van der Waals surface area contributed by atoms with Gasteiger partial charge in [-0.05, 0) is 6.07 Å². The van der Waals surface area contributed by atoms with Crippen molar-refractivity contribution in [2.24, 2.45) is 0 Å². The van der Waals surface area contributed by atoms with E-state index in [2.05, 4.69) is 0 Å². The predicted octanol–water partition coefficient (Wildman–Crippen LogP) is 2.51. The Morgan fingerprint density at radius 1 is 1.28 bits per heavy atom. The summed E-state index contributed by atoms with van der Waals surface area (Å²) in [4.78, 5) is 0. The number of ether oxygens (including phenoxy) is 2. The van der Waals surface area contributed by atoms with Crippen LogP contribution in [0, 0.1) is 0 Å². The average Bonchev–Trinajstić information content (AvgIpc) is 2.40. The summed E-state index contributed by atoms with van der Waals surface area (Å²) in [6.45, 7) is 5.71. The van der Waals surface area contributed by atoms with Crippen LogP contribution in [0.25, 0.3) is 0 Å². The molecule has 100 valence electrons. The molecular weight excluding hydrogens is 228 g/mol. The molecule has 18 heavy (non-hydrogen) atoms. The molecule has 0 amide bonds. The Bertz CT molecular complexity index is 381. The molecule has 0 aliphatic carbocycles. The first-order valence-corrected chi connectivity index (χ1v) is 6.58. The van der Waals surface area contributed by atoms with E-state index in [-0.39, 0.29) is 18.1 Å². The van der Waals surface area contributed by atoms with Gasteiger partial charge < -0.3 is 14.6 Å². The van der Waals surface area contributed by atoms with Crippen LogP contribution in [-0.2, 0) is 10.2 Å². The first kappa shape index (κ1) is 13.4. The lowest BCUT2D eigenvalue weighted by Crippen LogP contribution is -2.28. The number of aliphatic hydroxyl groups excluding tert-OH is 1. The van der Waals surface area contributed by atoms with E-state index in [0.29, 0.717) is 0 Å². The zero-order chi connectivity index (χ0) is 13.0. The highest BCUT2D eigenvalue weighted by molar-refractivity contribution is 5.39. The molecule has 0 atom stereocenters. The second-order valence-electron chi connectivity index (χ2n) is 5.47. The number of rotatable bonds is 4. The SMILES string of the molecule is CC(C)(CO)c1ccccc1OC1CCOCC1. The van der Waals surface area contributed by atoms with Gasteiger partial charge in [-0.15, -0.1) is 0 Å². The van der Waals surface area contributed by atoms with Gasteiger partial charge in [0.05, 0.1) is 19.8 Å². The molecule has 0 bridgehead atoms. The molecule has 1 aromatic rings. The van der Waals surface area contributed by atoms with Crippen molar-refractivity contribution < 1.29 is 14.6 Å². The molecule has 3 nitrogen and oxygen atoms in total. The van der Waals surface area contributed by atoms with Crippen LogP contribution >= 0.6 is 0 Å². The Morgan fingerprint density at radius 3 is 2.61 bits per heavy atom. The first-order valence-electron chi connectivity index (χ1n) is 6.58. The van der Waals surface area contributed by atoms with Crippen molar-refractivity contribution in [3.63, 3.8) is 0 Å². The van der Waals surface area contributed by atoms with Crippen LogP contribution in [0.2, 0.25) is 0 Å². The number of hydrogen-bond acceptors (Lipinski definition) is 3. The zero-order valence-electron chi connectivity index (χ0n) is 11.2. The molecule has 0 aromatic heterocycles. The summed E-state index contributed by atoms with van der Waals surface area (Å²) >= 11 is 0. The fourth-order valence-electron chi connectivity index (χ4n) is 2.19. The Kier molecular flexibility index (Phi) is 4.25. The smallest absolute Gasteiger partial charge is 0.123 e. The Morgan fingerprint density at radius 2 is 1.94 bits per heavy atom. The molecular formula is C15H22O3. The molecule has 1 saturated heterocycles. The van der Waals surface area contributed by atoms with Crippen molar-refractivity contribution in [3.05, 3.63) is 29.8 Å². The molecule has 2 rings (SSSR count). The molecule has 1 fully saturated rings. The molecule has 0 unspecified atom stereocenters. The van der Waals surface area contributed by atoms with Gasteiger partial charge >= 0.3 is 0 Å². The average molecular weight is 250 g/mol. The molecule has 1 aromatic carbocycles. The summed E-state index contributed by atoms with van der Waals surface area (Å²) in [5.74, 6) is 0.892. The van der Waals surface area contributed by atoms with Crippen molar-refractivity contribution in [1.82, 2.24) is 0 Å². The van der Waals surface area contributed by atoms with E-state index >= 15 is 0 Å². The molecule has 0 radical (unpaired) electrons. The quantitative estimate of drug-likeness (QED) is 0.892. The van der Waals surface area contributed by atoms with Crippen molar-refractivity contribution >= 4 is 0 Å². The standard InChI is InChI=1S/C15H22O3/c1-15(2,11-16)13-5-3-4-6-14(13)18-12-7-9-17-10-8-12/h3-6,12,16H,7-11H2,1-2H3. The molecule has 1 aliphatic heterocycles. The third kappa shape index (κ3) is 3.03. The molecule has 3 heteroatoms. The van der Waals surface area contributed by atoms with Gasteiger partial charge in [-0.25, -0.2) is 0 Å². The van der Waals surface area contributed by atoms with E-state index < -0.39 is 0 Å². The molecule has 0 saturated carbocycles. The van der Waals surface area contributed by atoms with Crippen LogP contribution in [0.4, 0.5) is 0 Å². The van der Waals surface area contributed by atoms with Gasteiger partial charge in [0.25, 0.3) is 0 Å². The number of benzene rings is 1. The van der Waals surface area contributed by atoms with E-state index in [9.17, 15) is 5.11 Å². The lowest BCUT2D eigenvalue weighted by molar-refractivity contribution is 0.0245. The van der Waals surface area contributed by atoms with Gasteiger partial charge in [0.15, 0.2) is 0 Å². The summed E-state index contributed by atoms with van der Waals surface area (Å²) in [6, 6.07) is 7.99. The Balaban J connectivity index is 2.16. The van der Waals surface area contributed by atoms with E-state index in [4.69, 9.17) is 9.47 Å². The van der Waals surface area contributed by atoms with E-state index in [0.717, 1.165) is 37.4 Å². The fourth-order valence-corrected chi connectivity index (χ4v) is 2.19. The van der Waals surface area contributed by atoms with Crippen LogP contribution in [0.15, 0.2) is 24.3 Å². The summed E-state index contributed by atoms with van der Waals surface area (Å²) in [5.41, 5.74) is 0.792. The highest BCUT2D eigenvalue weighted by Crippen LogP contribution is 2.32. The number of aliphatic hydroxyl groups is 1. The van der Waals surface area contributed by atoms with Crippen molar-refractivity contribution in [1.29, 1.82) is 0 Å². The van der Waals surface area contributed by atoms with Crippen molar-refractivity contribution in [2.75, 3.05) is 19.8 Å². The highest BCUT2D eigenvalue weighted by Gasteiger charge is 2.25. The lowest BCUT2D eigenvalue weighted by atomic mass is 9.85. The van der Waals surface area contributed by atoms with Gasteiger partial charge in [0.2, 0.25) is 0 Å². The fraction of sp³-hybridized carbons (Fsp3) is 0.600. The minimum Gasteiger partial charge on any atom is -0.490 e. The molecule has 1 N–H and O–H groups in total. The summed E-state index contributed by atoms with van der Waals surface area (Å²) in [5, 5.41) is 9.50. The maximum absolute atomic E-state index is 9.50. The zero-order valence-corrected chi connectivity index (χ0v) is 11.2. The highest BCUT2D eigenvalue weighted by atomic mass is 16.5. The first-order chi connectivity index (χ1) is 8.63. The van der Waals surface area contributed by atoms with E-state index in [1.807, 2.05) is 38.1 Å². The van der Waals surface area contributed by atoms with Gasteiger partial charge in [-0.3, -0.25) is 0 Å². The summed E-state index contributed by atoms with van der Waals surface area (Å²) in [6.07, 6.45) is 2.11. The predicted molar refractivity (Wildman–Crippen MR) is 71.0 cm³/mol. The van der Waals surface area contributed by atoms with Crippen LogP contribution in [0.3, 0.4) is 0 Å². The molecule has 1 aliphatic rings. The van der Waals surface area contributed by atoms with Gasteiger partial charge in [0, 0.05) is 23.8 Å². The van der Waals surface area contributed by atoms with Crippen LogP contribution in [0.1, 0.15) is 32.3 Å². The third-order valence-electron chi connectivity index (χ3n) is 3.47. The maximum atomic E-state index is 9.50. The maximum Gasteiger partial charge on any atom is 0.123 e. The van der Waals surface area contributed by atoms with Gasteiger partial charge in [-0.1, -0.05) is 32.0 Å². The van der Waals surface area contributed by atoms with Crippen LogP contribution in [0.5, 0.6) is 5.75 Å². The van der Waals surface area contributed by atoms with Crippen molar-refractivity contribution in [3.8, 4) is 5.75 Å². The largest absolute Gasteiger partial charge is 0.490 e. The van der Waals surface area contributed by atoms with E-state index in [1.165, 1.54) is 0 Å².